The number of fused-ring (bicyclic) bond motifs is 1. The van der Waals surface area contributed by atoms with Gasteiger partial charge in [-0.25, -0.2) is 8.42 Å². The summed E-state index contributed by atoms with van der Waals surface area (Å²) in [6.07, 6.45) is 0. The van der Waals surface area contributed by atoms with E-state index in [-0.39, 0.29) is 23.3 Å². The molecule has 8 heteroatoms. The number of nitrogens with zero attached hydrogens (tertiary/aromatic N) is 1. The van der Waals surface area contributed by atoms with Crippen LogP contribution in [0.15, 0.2) is 71.6 Å². The minimum absolute atomic E-state index is 0.0866. The topological polar surface area (TPSA) is 95.6 Å². The molecule has 1 aliphatic heterocycles. The van der Waals surface area contributed by atoms with Gasteiger partial charge < -0.3 is 5.32 Å². The van der Waals surface area contributed by atoms with Crippen molar-refractivity contribution in [3.63, 3.8) is 0 Å². The Kier molecular flexibility index (Phi) is 5.24. The summed E-state index contributed by atoms with van der Waals surface area (Å²) < 4.78 is 27.9. The second-order valence-corrected chi connectivity index (χ2v) is 9.09. The van der Waals surface area contributed by atoms with Crippen molar-refractivity contribution in [2.24, 2.45) is 0 Å². The summed E-state index contributed by atoms with van der Waals surface area (Å²) in [6.45, 7) is 3.52. The smallest absolute Gasteiger partial charge is 0.261 e. The van der Waals surface area contributed by atoms with Crippen LogP contribution < -0.4 is 14.9 Å². The quantitative estimate of drug-likeness (QED) is 0.653. The molecule has 0 unspecified atom stereocenters. The lowest BCUT2D eigenvalue weighted by Gasteiger charge is -2.29. The van der Waals surface area contributed by atoms with Gasteiger partial charge in [0.2, 0.25) is 5.91 Å². The van der Waals surface area contributed by atoms with Gasteiger partial charge in [0.15, 0.2) is 0 Å². The van der Waals surface area contributed by atoms with Gasteiger partial charge in [-0.2, -0.15) is 0 Å². The molecule has 1 aliphatic rings. The minimum Gasteiger partial charge on any atom is -0.323 e. The average molecular weight is 436 g/mol. The van der Waals surface area contributed by atoms with Gasteiger partial charge in [0, 0.05) is 5.56 Å². The van der Waals surface area contributed by atoms with Gasteiger partial charge in [-0.3, -0.25) is 19.2 Å². The first-order valence-corrected chi connectivity index (χ1v) is 11.1. The Hall–Kier alpha value is -3.65. The van der Waals surface area contributed by atoms with Crippen LogP contribution in [-0.4, -0.2) is 26.8 Å². The molecule has 0 saturated carbocycles. The van der Waals surface area contributed by atoms with Crippen molar-refractivity contribution in [3.05, 3.63) is 83.4 Å². The Balaban J connectivity index is 1.60. The molecule has 0 bridgehead atoms. The highest BCUT2D eigenvalue weighted by molar-refractivity contribution is 7.92. The summed E-state index contributed by atoms with van der Waals surface area (Å²) in [5, 5.41) is 2.75. The van der Waals surface area contributed by atoms with Crippen molar-refractivity contribution in [2.75, 3.05) is 21.5 Å². The number of benzene rings is 3. The van der Waals surface area contributed by atoms with Gasteiger partial charge in [-0.05, 0) is 61.9 Å². The molecule has 31 heavy (non-hydrogen) atoms. The molecule has 158 valence electrons. The summed E-state index contributed by atoms with van der Waals surface area (Å²) in [4.78, 5) is 26.7. The molecule has 0 saturated heterocycles. The second-order valence-electron chi connectivity index (χ2n) is 7.40. The number of amides is 2. The molecule has 3 aromatic carbocycles. The lowest BCUT2D eigenvalue weighted by atomic mass is 10.1. The SMILES string of the molecule is Cc1ccc(S(=O)(=O)Nc2ccc(C(=O)N3CC(=O)Nc4ccccc43)cc2C)cc1. The van der Waals surface area contributed by atoms with Crippen LogP contribution in [0.25, 0.3) is 0 Å². The molecule has 0 atom stereocenters. The highest BCUT2D eigenvalue weighted by atomic mass is 32.2. The Morgan fingerprint density at radius 1 is 1.00 bits per heavy atom. The summed E-state index contributed by atoms with van der Waals surface area (Å²) in [5.41, 5.74) is 3.50. The van der Waals surface area contributed by atoms with Gasteiger partial charge in [-0.1, -0.05) is 29.8 Å². The Bertz CT molecular complexity index is 1280. The lowest BCUT2D eigenvalue weighted by molar-refractivity contribution is -0.115. The van der Waals surface area contributed by atoms with E-state index in [1.54, 1.807) is 73.7 Å². The molecule has 2 amide bonds. The molecule has 2 N–H and O–H groups in total. The molecule has 1 heterocycles. The predicted octanol–water partition coefficient (Wildman–Crippen LogP) is 3.70. The van der Waals surface area contributed by atoms with Gasteiger partial charge in [0.25, 0.3) is 15.9 Å². The van der Waals surface area contributed by atoms with E-state index in [4.69, 9.17) is 0 Å². The predicted molar refractivity (Wildman–Crippen MR) is 120 cm³/mol. The molecule has 0 aliphatic carbocycles. The summed E-state index contributed by atoms with van der Waals surface area (Å²) in [7, 11) is -3.75. The first-order chi connectivity index (χ1) is 14.7. The first kappa shape index (κ1) is 20.6. The normalized spacial score (nSPS) is 13.4. The fourth-order valence-corrected chi connectivity index (χ4v) is 4.53. The number of hydrogen-bond donors (Lipinski definition) is 2. The van der Waals surface area contributed by atoms with Crippen LogP contribution in [0, 0.1) is 13.8 Å². The van der Waals surface area contributed by atoms with Gasteiger partial charge in [0.1, 0.15) is 6.54 Å². The number of carbonyl (C=O) groups excluding carboxylic acids is 2. The third-order valence-electron chi connectivity index (χ3n) is 5.06. The average Bonchev–Trinajstić information content (AvgIpc) is 2.74. The zero-order valence-electron chi connectivity index (χ0n) is 17.0. The van der Waals surface area contributed by atoms with Gasteiger partial charge in [-0.15, -0.1) is 0 Å². The van der Waals surface area contributed by atoms with Gasteiger partial charge >= 0.3 is 0 Å². The molecule has 0 fully saturated rings. The van der Waals surface area contributed by atoms with Crippen LogP contribution in [0.3, 0.4) is 0 Å². The van der Waals surface area contributed by atoms with E-state index in [0.29, 0.717) is 28.2 Å². The third-order valence-corrected chi connectivity index (χ3v) is 6.45. The number of anilines is 3. The Morgan fingerprint density at radius 3 is 2.42 bits per heavy atom. The van der Waals surface area contributed by atoms with E-state index in [1.807, 2.05) is 6.92 Å². The number of rotatable bonds is 4. The van der Waals surface area contributed by atoms with Crippen LogP contribution in [0.2, 0.25) is 0 Å². The number of sulfonamides is 1. The van der Waals surface area contributed by atoms with Crippen molar-refractivity contribution in [1.82, 2.24) is 0 Å². The van der Waals surface area contributed by atoms with E-state index >= 15 is 0 Å². The molecule has 0 radical (unpaired) electrons. The number of aryl methyl sites for hydroxylation is 2. The third kappa shape index (κ3) is 4.15. The number of hydrogen-bond acceptors (Lipinski definition) is 4. The van der Waals surface area contributed by atoms with E-state index in [0.717, 1.165) is 5.56 Å². The second kappa shape index (κ2) is 7.88. The molecular weight excluding hydrogens is 414 g/mol. The van der Waals surface area contributed by atoms with Crippen molar-refractivity contribution in [3.8, 4) is 0 Å². The lowest BCUT2D eigenvalue weighted by Crippen LogP contribution is -2.42. The number of para-hydroxylation sites is 2. The molecular formula is C23H21N3O4S. The maximum atomic E-state index is 13.1. The van der Waals surface area contributed by atoms with Crippen LogP contribution in [-0.2, 0) is 14.8 Å². The molecule has 0 spiro atoms. The largest absolute Gasteiger partial charge is 0.323 e. The maximum Gasteiger partial charge on any atom is 0.261 e. The van der Waals surface area contributed by atoms with Crippen LogP contribution >= 0.6 is 0 Å². The van der Waals surface area contributed by atoms with Crippen LogP contribution in [0.4, 0.5) is 17.1 Å². The zero-order valence-corrected chi connectivity index (χ0v) is 17.9. The highest BCUT2D eigenvalue weighted by Crippen LogP contribution is 2.31. The van der Waals surface area contributed by atoms with Crippen molar-refractivity contribution in [2.45, 2.75) is 18.7 Å². The first-order valence-electron chi connectivity index (χ1n) is 9.65. The molecule has 7 nitrogen and oxygen atoms in total. The summed E-state index contributed by atoms with van der Waals surface area (Å²) >= 11 is 0. The standard InChI is InChI=1S/C23H21N3O4S/c1-15-7-10-18(11-8-15)31(29,30)25-19-12-9-17(13-16(19)2)23(28)26-14-22(27)24-20-5-3-4-6-21(20)26/h3-13,25H,14H2,1-2H3,(H,24,27). The summed E-state index contributed by atoms with van der Waals surface area (Å²) in [6, 6.07) is 18.4. The van der Waals surface area contributed by atoms with E-state index in [1.165, 1.54) is 4.90 Å². The highest BCUT2D eigenvalue weighted by Gasteiger charge is 2.27. The Labute approximate surface area is 180 Å². The number of carbonyl (C=O) groups is 2. The minimum atomic E-state index is -3.75. The zero-order chi connectivity index (χ0) is 22.2. The van der Waals surface area contributed by atoms with Crippen molar-refractivity contribution >= 4 is 38.9 Å². The monoisotopic (exact) mass is 435 g/mol. The fraction of sp³-hybridized carbons (Fsp3) is 0.130. The molecule has 0 aromatic heterocycles. The maximum absolute atomic E-state index is 13.1. The van der Waals surface area contributed by atoms with Crippen molar-refractivity contribution < 1.29 is 18.0 Å². The van der Waals surface area contributed by atoms with E-state index in [2.05, 4.69) is 10.0 Å². The van der Waals surface area contributed by atoms with E-state index in [9.17, 15) is 18.0 Å². The summed E-state index contributed by atoms with van der Waals surface area (Å²) in [5.74, 6) is -0.607. The van der Waals surface area contributed by atoms with Crippen molar-refractivity contribution in [1.29, 1.82) is 0 Å². The number of nitrogens with one attached hydrogen (secondary N) is 2. The van der Waals surface area contributed by atoms with E-state index < -0.39 is 10.0 Å². The molecule has 4 rings (SSSR count). The fourth-order valence-electron chi connectivity index (χ4n) is 3.40. The van der Waals surface area contributed by atoms with Crippen LogP contribution in [0.1, 0.15) is 21.5 Å². The molecule has 3 aromatic rings. The van der Waals surface area contributed by atoms with Crippen LogP contribution in [0.5, 0.6) is 0 Å². The Morgan fingerprint density at radius 2 is 1.71 bits per heavy atom. The van der Waals surface area contributed by atoms with Gasteiger partial charge in [0.05, 0.1) is 22.0 Å².